The maximum atomic E-state index is 8.34. The molecule has 0 aliphatic carbocycles. The van der Waals surface area contributed by atoms with Crippen LogP contribution in [0.4, 0.5) is 0 Å². The zero-order valence-electron chi connectivity index (χ0n) is 2.32. The number of hydrogen-bond donors (Lipinski definition) is 0. The molecule has 0 aliphatic rings. The summed E-state index contributed by atoms with van der Waals surface area (Å²) in [4.78, 5) is 0. The minimum Gasteiger partial charge on any atom is 0 e. The van der Waals surface area contributed by atoms with Crippen LogP contribution in [0.25, 0.3) is 0 Å². The molecule has 0 unspecified atom stereocenters. The van der Waals surface area contributed by atoms with Crippen LogP contribution in [0.5, 0.6) is 0 Å². The molecule has 4 heteroatoms. The second-order valence-electron chi connectivity index (χ2n) is 0. The Kier molecular flexibility index (Phi) is 83.7. The van der Waals surface area contributed by atoms with Gasteiger partial charge in [0.05, 0.1) is 0 Å². The van der Waals surface area contributed by atoms with Crippen molar-refractivity contribution in [2.75, 3.05) is 0 Å². The van der Waals surface area contributed by atoms with E-state index in [2.05, 4.69) is 0 Å². The van der Waals surface area contributed by atoms with Crippen LogP contribution in [0.1, 0.15) is 0 Å². The summed E-state index contributed by atoms with van der Waals surface area (Å²) < 4.78 is 8.34. The van der Waals surface area contributed by atoms with Gasteiger partial charge in [-0.2, -0.15) is 0 Å². The standard InChI is InChI=1S/Mg.O.Sn.Zn. The molecule has 0 spiro atoms. The molecule has 0 rings (SSSR count). The van der Waals surface area contributed by atoms with Gasteiger partial charge in [-0.1, -0.05) is 0 Å². The van der Waals surface area contributed by atoms with Gasteiger partial charge < -0.3 is 0 Å². The molecule has 0 N–H and O–H groups in total. The third-order valence-corrected chi connectivity index (χ3v) is 0. The average Bonchev–Trinajstić information content (AvgIpc) is 1.00. The molecule has 0 heterocycles. The van der Waals surface area contributed by atoms with Gasteiger partial charge in [0.15, 0.2) is 0 Å². The number of rotatable bonds is 0. The summed E-state index contributed by atoms with van der Waals surface area (Å²) in [5.41, 5.74) is 0. The molecule has 0 saturated heterocycles. The largest absolute Gasteiger partial charge is 0 e. The summed E-state index contributed by atoms with van der Waals surface area (Å²) in [6.07, 6.45) is 0. The van der Waals surface area contributed by atoms with Crippen molar-refractivity contribution in [1.82, 2.24) is 0 Å². The van der Waals surface area contributed by atoms with Gasteiger partial charge >= 0.3 is 25.6 Å². The Morgan fingerprint density at radius 3 is 1.25 bits per heavy atom. The van der Waals surface area contributed by atoms with Crippen LogP contribution in [0, 0.1) is 0 Å². The topological polar surface area (TPSA) is 17.1 Å². The van der Waals surface area contributed by atoms with Crippen molar-refractivity contribution < 1.29 is 22.6 Å². The van der Waals surface area contributed by atoms with Crippen molar-refractivity contribution in [2.45, 2.75) is 0 Å². The Bertz CT molecular complexity index is 8.00. The Morgan fingerprint density at radius 2 is 1.25 bits per heavy atom. The Morgan fingerprint density at radius 1 is 1.25 bits per heavy atom. The first-order valence-corrected chi connectivity index (χ1v) is 1.37. The monoisotopic (exact) mass is 224 g/mol. The predicted molar refractivity (Wildman–Crippen MR) is 12.2 cm³/mol. The summed E-state index contributed by atoms with van der Waals surface area (Å²) in [7, 11) is 0. The summed E-state index contributed by atoms with van der Waals surface area (Å²) in [5.74, 6) is 0. The van der Waals surface area contributed by atoms with Crippen molar-refractivity contribution in [3.8, 4) is 0 Å². The fourth-order valence-corrected chi connectivity index (χ4v) is 0. The summed E-state index contributed by atoms with van der Waals surface area (Å²) in [6, 6.07) is 0. The van der Waals surface area contributed by atoms with E-state index in [1.165, 1.54) is 0 Å². The molecule has 4 radical (unpaired) electrons. The average molecular weight is 224 g/mol. The van der Waals surface area contributed by atoms with Crippen LogP contribution < -0.4 is 0 Å². The molecule has 0 fully saturated rings. The molecule has 4 heavy (non-hydrogen) atoms. The van der Waals surface area contributed by atoms with E-state index < -0.39 is 0 Å². The van der Waals surface area contributed by atoms with E-state index in [0.29, 0.717) is 22.5 Å². The van der Waals surface area contributed by atoms with Crippen molar-refractivity contribution in [2.24, 2.45) is 0 Å². The van der Waals surface area contributed by atoms with Crippen molar-refractivity contribution in [3.05, 3.63) is 0 Å². The quantitative estimate of drug-likeness (QED) is 0.488. The van der Waals surface area contributed by atoms with Crippen LogP contribution in [0.3, 0.4) is 0 Å². The molecule has 14 valence electrons. The van der Waals surface area contributed by atoms with Gasteiger partial charge in [0.25, 0.3) is 0 Å². The van der Waals surface area contributed by atoms with E-state index >= 15 is 0 Å². The Hall–Kier alpha value is 1.99. The third kappa shape index (κ3) is 9.01. The van der Waals surface area contributed by atoms with Gasteiger partial charge in [-0.25, -0.2) is 0 Å². The van der Waals surface area contributed by atoms with Gasteiger partial charge in [0, 0.05) is 42.5 Å². The molecule has 1 nitrogen and oxygen atoms in total. The minimum absolute atomic E-state index is 0. The van der Waals surface area contributed by atoms with Crippen molar-refractivity contribution in [1.29, 1.82) is 0 Å². The number of hydrogen-bond acceptors (Lipinski definition) is 1. The zero-order chi connectivity index (χ0) is 2.00. The van der Waals surface area contributed by atoms with Crippen LogP contribution in [0.2, 0.25) is 0 Å². The maximum absolute atomic E-state index is 8.34. The van der Waals surface area contributed by atoms with Crippen LogP contribution >= 0.6 is 0 Å². The molecule has 0 aromatic rings. The van der Waals surface area contributed by atoms with E-state index in [1.807, 2.05) is 0 Å². The van der Waals surface area contributed by atoms with Crippen LogP contribution in [-0.4, -0.2) is 45.6 Å². The molecule has 0 aliphatic heterocycles. The fraction of sp³-hybridized carbons (Fsp3) is 0. The summed E-state index contributed by atoms with van der Waals surface area (Å²) in [5, 5.41) is 0. The van der Waals surface area contributed by atoms with Crippen LogP contribution in [-0.2, 0) is 22.6 Å². The summed E-state index contributed by atoms with van der Waals surface area (Å²) >= 11 is 0.300. The summed E-state index contributed by atoms with van der Waals surface area (Å²) in [6.45, 7) is 0. The molecule has 0 atom stereocenters. The first-order chi connectivity index (χ1) is 1.00. The van der Waals surface area contributed by atoms with Crippen molar-refractivity contribution in [3.63, 3.8) is 0 Å². The molecule has 0 amide bonds. The molecular formula is MgOSnZn. The predicted octanol–water partition coefficient (Wildman–Crippen LogP) is -0.883. The van der Waals surface area contributed by atoms with E-state index in [1.54, 1.807) is 0 Å². The second-order valence-corrected chi connectivity index (χ2v) is 0. The van der Waals surface area contributed by atoms with E-state index in [4.69, 9.17) is 3.08 Å². The van der Waals surface area contributed by atoms with Gasteiger partial charge in [0.2, 0.25) is 0 Å². The molecular weight excluding hydrogens is 224 g/mol. The van der Waals surface area contributed by atoms with Crippen molar-refractivity contribution >= 4 is 45.6 Å². The smallest absolute Gasteiger partial charge is 0 e. The Balaban J connectivity index is -0.00000000500. The zero-order valence-corrected chi connectivity index (χ0v) is 9.56. The van der Waals surface area contributed by atoms with Gasteiger partial charge in [0.1, 0.15) is 0 Å². The van der Waals surface area contributed by atoms with E-state index in [-0.39, 0.29) is 42.5 Å². The normalized spacial score (nSPS) is 1.00. The SMILES string of the molecule is [Mg].[O]=[Sn].[Zn]. The first kappa shape index (κ1) is 16.7. The molecule has 0 saturated carbocycles. The minimum atomic E-state index is 0. The van der Waals surface area contributed by atoms with E-state index in [0.717, 1.165) is 0 Å². The Labute approximate surface area is 67.3 Å². The van der Waals surface area contributed by atoms with E-state index in [9.17, 15) is 0 Å². The molecule has 0 aromatic carbocycles. The molecule has 0 aromatic heterocycles. The van der Waals surface area contributed by atoms with Crippen LogP contribution in [0.15, 0.2) is 0 Å². The van der Waals surface area contributed by atoms with Gasteiger partial charge in [-0.3, -0.25) is 0 Å². The maximum Gasteiger partial charge on any atom is 0 e. The second kappa shape index (κ2) is 20.1. The first-order valence-electron chi connectivity index (χ1n) is 0.204. The van der Waals surface area contributed by atoms with Gasteiger partial charge in [-0.05, 0) is 0 Å². The fourth-order valence-electron chi connectivity index (χ4n) is 0. The van der Waals surface area contributed by atoms with Gasteiger partial charge in [-0.15, -0.1) is 0 Å². The third-order valence-electron chi connectivity index (χ3n) is 0. The molecule has 0 bridgehead atoms.